The molecule has 1 aromatic rings. The van der Waals surface area contributed by atoms with Crippen LogP contribution in [-0.4, -0.2) is 19.8 Å². The Hall–Kier alpha value is 0.0900. The van der Waals surface area contributed by atoms with E-state index in [9.17, 15) is 8.42 Å². The zero-order chi connectivity index (χ0) is 11.6. The molecule has 1 saturated carbocycles. The Labute approximate surface area is 108 Å². The molecular weight excluding hydrogens is 310 g/mol. The van der Waals surface area contributed by atoms with E-state index in [0.717, 1.165) is 24.6 Å². The van der Waals surface area contributed by atoms with Gasteiger partial charge in [0, 0.05) is 11.4 Å². The van der Waals surface area contributed by atoms with Crippen molar-refractivity contribution in [2.45, 2.75) is 29.5 Å². The summed E-state index contributed by atoms with van der Waals surface area (Å²) in [4.78, 5) is 0. The number of alkyl halides is 1. The zero-order valence-corrected chi connectivity index (χ0v) is 11.9. The maximum Gasteiger partial charge on any atom is 0.250 e. The molecule has 0 spiro atoms. The fraction of sp³-hybridized carbons (Fsp3) is 0.600. The van der Waals surface area contributed by atoms with Crippen molar-refractivity contribution in [3.8, 4) is 0 Å². The second-order valence-electron chi connectivity index (χ2n) is 4.01. The molecule has 1 aromatic heterocycles. The summed E-state index contributed by atoms with van der Waals surface area (Å²) in [6.45, 7) is 0. The topological polar surface area (TPSA) is 46.2 Å². The maximum absolute atomic E-state index is 12.0. The molecule has 0 bridgehead atoms. The molecule has 6 heteroatoms. The smallest absolute Gasteiger partial charge is 0.207 e. The van der Waals surface area contributed by atoms with Crippen LogP contribution in [0.1, 0.15) is 19.3 Å². The minimum atomic E-state index is -3.30. The van der Waals surface area contributed by atoms with Gasteiger partial charge in [0.05, 0.1) is 0 Å². The summed E-state index contributed by atoms with van der Waals surface area (Å²) in [5, 5.41) is 2.65. The van der Waals surface area contributed by atoms with Crippen molar-refractivity contribution in [2.75, 3.05) is 5.33 Å². The van der Waals surface area contributed by atoms with Gasteiger partial charge in [-0.15, -0.1) is 11.3 Å². The Morgan fingerprint density at radius 2 is 2.31 bits per heavy atom. The molecule has 1 aliphatic carbocycles. The van der Waals surface area contributed by atoms with Crippen LogP contribution in [0.2, 0.25) is 0 Å². The number of thiophene rings is 1. The molecule has 0 aliphatic heterocycles. The van der Waals surface area contributed by atoms with Gasteiger partial charge in [-0.3, -0.25) is 0 Å². The highest BCUT2D eigenvalue weighted by Crippen LogP contribution is 2.29. The number of hydrogen-bond acceptors (Lipinski definition) is 3. The Morgan fingerprint density at radius 1 is 1.50 bits per heavy atom. The van der Waals surface area contributed by atoms with E-state index in [-0.39, 0.29) is 6.04 Å². The highest BCUT2D eigenvalue weighted by atomic mass is 79.9. The summed E-state index contributed by atoms with van der Waals surface area (Å²) >= 11 is 4.70. The number of nitrogens with one attached hydrogen (secondary N) is 1. The van der Waals surface area contributed by atoms with Gasteiger partial charge >= 0.3 is 0 Å². The molecule has 1 N–H and O–H groups in total. The van der Waals surface area contributed by atoms with Crippen molar-refractivity contribution in [3.63, 3.8) is 0 Å². The molecular formula is C10H14BrNO2S2. The van der Waals surface area contributed by atoms with E-state index in [1.807, 2.05) is 0 Å². The molecule has 0 aromatic carbocycles. The Kier molecular flexibility index (Phi) is 4.05. The second kappa shape index (κ2) is 5.16. The molecule has 2 rings (SSSR count). The third-order valence-electron chi connectivity index (χ3n) is 2.92. The lowest BCUT2D eigenvalue weighted by molar-refractivity contribution is 0.485. The number of hydrogen-bond donors (Lipinski definition) is 1. The second-order valence-corrected chi connectivity index (χ2v) is 7.54. The largest absolute Gasteiger partial charge is 0.250 e. The van der Waals surface area contributed by atoms with Crippen LogP contribution in [-0.2, 0) is 10.0 Å². The van der Waals surface area contributed by atoms with Gasteiger partial charge in [-0.25, -0.2) is 13.1 Å². The van der Waals surface area contributed by atoms with Gasteiger partial charge in [-0.1, -0.05) is 28.4 Å². The molecule has 2 unspecified atom stereocenters. The van der Waals surface area contributed by atoms with Crippen LogP contribution in [0.25, 0.3) is 0 Å². The van der Waals surface area contributed by atoms with E-state index in [0.29, 0.717) is 10.1 Å². The van der Waals surface area contributed by atoms with Gasteiger partial charge in [-0.05, 0) is 30.2 Å². The van der Waals surface area contributed by atoms with Gasteiger partial charge in [0.1, 0.15) is 4.21 Å². The van der Waals surface area contributed by atoms with Gasteiger partial charge in [0.2, 0.25) is 10.0 Å². The SMILES string of the molecule is O=S(=O)(NC1CCCC1CBr)c1cccs1. The molecule has 3 nitrogen and oxygen atoms in total. The van der Waals surface area contributed by atoms with E-state index in [1.54, 1.807) is 17.5 Å². The van der Waals surface area contributed by atoms with Crippen molar-refractivity contribution < 1.29 is 8.42 Å². The first-order chi connectivity index (χ1) is 7.63. The van der Waals surface area contributed by atoms with Gasteiger partial charge < -0.3 is 0 Å². The molecule has 0 radical (unpaired) electrons. The van der Waals surface area contributed by atoms with Crippen molar-refractivity contribution >= 4 is 37.3 Å². The van der Waals surface area contributed by atoms with Crippen molar-refractivity contribution in [1.29, 1.82) is 0 Å². The van der Waals surface area contributed by atoms with Crippen LogP contribution in [0.3, 0.4) is 0 Å². The molecule has 2 atom stereocenters. The monoisotopic (exact) mass is 323 g/mol. The van der Waals surface area contributed by atoms with Crippen molar-refractivity contribution in [1.82, 2.24) is 4.72 Å². The number of sulfonamides is 1. The van der Waals surface area contributed by atoms with Crippen LogP contribution in [0.15, 0.2) is 21.7 Å². The predicted octanol–water partition coefficient (Wildman–Crippen LogP) is 2.59. The molecule has 1 heterocycles. The predicted molar refractivity (Wildman–Crippen MR) is 69.6 cm³/mol. The standard InChI is InChI=1S/C10H14BrNO2S2/c11-7-8-3-1-4-9(8)12-16(13,14)10-5-2-6-15-10/h2,5-6,8-9,12H,1,3-4,7H2. The van der Waals surface area contributed by atoms with E-state index >= 15 is 0 Å². The fourth-order valence-corrected chi connectivity index (χ4v) is 5.17. The highest BCUT2D eigenvalue weighted by Gasteiger charge is 2.30. The number of rotatable bonds is 4. The minimum absolute atomic E-state index is 0.0893. The Bertz CT molecular complexity index is 430. The van der Waals surface area contributed by atoms with E-state index in [2.05, 4.69) is 20.7 Å². The van der Waals surface area contributed by atoms with Crippen LogP contribution in [0.5, 0.6) is 0 Å². The lowest BCUT2D eigenvalue weighted by Crippen LogP contribution is -2.37. The quantitative estimate of drug-likeness (QED) is 0.866. The van der Waals surface area contributed by atoms with Crippen molar-refractivity contribution in [3.05, 3.63) is 17.5 Å². The third-order valence-corrected chi connectivity index (χ3v) is 6.64. The van der Waals surface area contributed by atoms with Crippen molar-refractivity contribution in [2.24, 2.45) is 5.92 Å². The van der Waals surface area contributed by atoms with Gasteiger partial charge in [0.15, 0.2) is 0 Å². The molecule has 0 saturated heterocycles. The van der Waals surface area contributed by atoms with Crippen LogP contribution >= 0.6 is 27.3 Å². The first-order valence-electron chi connectivity index (χ1n) is 5.25. The normalized spacial score (nSPS) is 26.1. The average molecular weight is 324 g/mol. The first kappa shape index (κ1) is 12.5. The fourth-order valence-electron chi connectivity index (χ4n) is 2.05. The molecule has 90 valence electrons. The highest BCUT2D eigenvalue weighted by molar-refractivity contribution is 9.09. The van der Waals surface area contributed by atoms with Crippen LogP contribution in [0, 0.1) is 5.92 Å². The summed E-state index contributed by atoms with van der Waals surface area (Å²) in [5.74, 6) is 0.426. The van der Waals surface area contributed by atoms with Gasteiger partial charge in [-0.2, -0.15) is 0 Å². The summed E-state index contributed by atoms with van der Waals surface area (Å²) in [5.41, 5.74) is 0. The maximum atomic E-state index is 12.0. The average Bonchev–Trinajstić information content (AvgIpc) is 2.86. The summed E-state index contributed by atoms with van der Waals surface area (Å²) < 4.78 is 27.2. The zero-order valence-electron chi connectivity index (χ0n) is 8.73. The summed E-state index contributed by atoms with van der Waals surface area (Å²) in [7, 11) is -3.30. The summed E-state index contributed by atoms with van der Waals surface area (Å²) in [6.07, 6.45) is 3.15. The van der Waals surface area contributed by atoms with E-state index < -0.39 is 10.0 Å². The van der Waals surface area contributed by atoms with E-state index in [4.69, 9.17) is 0 Å². The summed E-state index contributed by atoms with van der Waals surface area (Å²) in [6, 6.07) is 3.49. The van der Waals surface area contributed by atoms with E-state index in [1.165, 1.54) is 11.3 Å². The first-order valence-corrected chi connectivity index (χ1v) is 8.74. The van der Waals surface area contributed by atoms with Gasteiger partial charge in [0.25, 0.3) is 0 Å². The molecule has 1 fully saturated rings. The van der Waals surface area contributed by atoms with Crippen LogP contribution < -0.4 is 4.72 Å². The molecule has 0 amide bonds. The molecule has 1 aliphatic rings. The third kappa shape index (κ3) is 2.67. The van der Waals surface area contributed by atoms with Crippen LogP contribution in [0.4, 0.5) is 0 Å². The lowest BCUT2D eigenvalue weighted by Gasteiger charge is -2.18. The minimum Gasteiger partial charge on any atom is -0.207 e. The molecule has 16 heavy (non-hydrogen) atoms. The number of halogens is 1. The Balaban J connectivity index is 2.10. The Morgan fingerprint density at radius 3 is 2.94 bits per heavy atom. The lowest BCUT2D eigenvalue weighted by atomic mass is 10.1.